The number of sulfonamides is 1. The number of hydrogen-bond donors (Lipinski definition) is 1. The van der Waals surface area contributed by atoms with Gasteiger partial charge < -0.3 is 0 Å². The first-order chi connectivity index (χ1) is 13.4. The molecule has 0 bridgehead atoms. The number of rotatable bonds is 7. The van der Waals surface area contributed by atoms with Gasteiger partial charge in [-0.3, -0.25) is 0 Å². The van der Waals surface area contributed by atoms with Gasteiger partial charge in [0.15, 0.2) is 0 Å². The Kier molecular flexibility index (Phi) is 7.28. The minimum absolute atomic E-state index is 0.0833. The summed E-state index contributed by atoms with van der Waals surface area (Å²) >= 11 is 0. The molecule has 0 spiro atoms. The van der Waals surface area contributed by atoms with Crippen LogP contribution in [0.5, 0.6) is 0 Å². The average Bonchev–Trinajstić information content (AvgIpc) is 2.65. The normalized spacial score (nSPS) is 12.9. The molecule has 2 aromatic carbocycles. The molecule has 0 aromatic heterocycles. The fraction of sp³-hybridized carbons (Fsp3) is 0.458. The highest BCUT2D eigenvalue weighted by Crippen LogP contribution is 2.35. The Morgan fingerprint density at radius 3 is 1.76 bits per heavy atom. The Hall–Kier alpha value is -2.14. The van der Waals surface area contributed by atoms with Crippen LogP contribution in [-0.4, -0.2) is 14.1 Å². The number of aryl methyl sites for hydroxylation is 1. The van der Waals surface area contributed by atoms with Crippen molar-refractivity contribution in [1.82, 2.24) is 4.83 Å². The highest BCUT2D eigenvalue weighted by molar-refractivity contribution is 7.89. The zero-order valence-electron chi connectivity index (χ0n) is 18.9. The minimum atomic E-state index is -3.80. The summed E-state index contributed by atoms with van der Waals surface area (Å²) < 4.78 is 26.7. The van der Waals surface area contributed by atoms with Crippen molar-refractivity contribution in [2.24, 2.45) is 5.10 Å². The van der Waals surface area contributed by atoms with Crippen LogP contribution in [0.4, 0.5) is 0 Å². The first-order valence-electron chi connectivity index (χ1n) is 10.2. The van der Waals surface area contributed by atoms with Crippen molar-refractivity contribution in [2.45, 2.75) is 78.0 Å². The van der Waals surface area contributed by atoms with Crippen LogP contribution in [0.25, 0.3) is 0 Å². The smallest absolute Gasteiger partial charge is 0.200 e. The van der Waals surface area contributed by atoms with Crippen LogP contribution in [0.3, 0.4) is 0 Å². The number of nitrogens with zero attached hydrogens (tertiary/aromatic N) is 1. The molecule has 2 aromatic rings. The van der Waals surface area contributed by atoms with Crippen LogP contribution < -0.4 is 4.83 Å². The second kappa shape index (κ2) is 9.12. The summed E-state index contributed by atoms with van der Waals surface area (Å²) in [6, 6.07) is 11.9. The van der Waals surface area contributed by atoms with E-state index >= 15 is 0 Å². The fourth-order valence-corrected chi connectivity index (χ4v) is 4.79. The summed E-state index contributed by atoms with van der Waals surface area (Å²) in [6.45, 7) is 16.2. The van der Waals surface area contributed by atoms with Crippen LogP contribution >= 0.6 is 0 Å². The lowest BCUT2D eigenvalue weighted by molar-refractivity contribution is 0.579. The third-order valence-corrected chi connectivity index (χ3v) is 6.49. The van der Waals surface area contributed by atoms with Gasteiger partial charge in [0.2, 0.25) is 0 Å². The predicted octanol–water partition coefficient (Wildman–Crippen LogP) is 6.07. The Morgan fingerprint density at radius 2 is 1.34 bits per heavy atom. The molecule has 0 radical (unpaired) electrons. The van der Waals surface area contributed by atoms with Crippen molar-refractivity contribution in [2.75, 3.05) is 0 Å². The van der Waals surface area contributed by atoms with Gasteiger partial charge in [0.05, 0.1) is 10.6 Å². The number of hydrogen-bond acceptors (Lipinski definition) is 3. The highest BCUT2D eigenvalue weighted by Gasteiger charge is 2.26. The van der Waals surface area contributed by atoms with Gasteiger partial charge >= 0.3 is 0 Å². The molecule has 0 saturated carbocycles. The maximum Gasteiger partial charge on any atom is 0.277 e. The van der Waals surface area contributed by atoms with E-state index in [0.717, 1.165) is 27.8 Å². The van der Waals surface area contributed by atoms with Crippen LogP contribution in [-0.2, 0) is 10.0 Å². The predicted molar refractivity (Wildman–Crippen MR) is 122 cm³/mol. The molecule has 2 rings (SSSR count). The molecule has 0 fully saturated rings. The van der Waals surface area contributed by atoms with E-state index in [1.54, 1.807) is 0 Å². The largest absolute Gasteiger partial charge is 0.277 e. The molecule has 0 saturated heterocycles. The maximum absolute atomic E-state index is 13.3. The molecule has 0 amide bonds. The standard InChI is InChI=1S/C24H34N2O2S/c1-15(2)21-13-22(16(3)4)24(23(14-21)17(5)6)29(27,28)26-25-19(8)20-11-9-18(7)10-12-20/h9-17,26H,1-8H3. The minimum Gasteiger partial charge on any atom is -0.200 e. The third kappa shape index (κ3) is 5.47. The van der Waals surface area contributed by atoms with Crippen LogP contribution in [0, 0.1) is 6.92 Å². The first-order valence-corrected chi connectivity index (χ1v) is 11.7. The molecule has 1 N–H and O–H groups in total. The molecule has 29 heavy (non-hydrogen) atoms. The van der Waals surface area contributed by atoms with Gasteiger partial charge in [-0.2, -0.15) is 18.4 Å². The van der Waals surface area contributed by atoms with Crippen molar-refractivity contribution < 1.29 is 8.42 Å². The van der Waals surface area contributed by atoms with E-state index in [2.05, 4.69) is 23.8 Å². The molecule has 0 heterocycles. The van der Waals surface area contributed by atoms with Crippen molar-refractivity contribution in [3.63, 3.8) is 0 Å². The Bertz CT molecular complexity index is 957. The van der Waals surface area contributed by atoms with E-state index in [4.69, 9.17) is 0 Å². The number of hydrazone groups is 1. The molecule has 5 heteroatoms. The summed E-state index contributed by atoms with van der Waals surface area (Å²) in [7, 11) is -3.80. The lowest BCUT2D eigenvalue weighted by Gasteiger charge is -2.22. The molecular weight excluding hydrogens is 380 g/mol. The van der Waals surface area contributed by atoms with Crippen LogP contribution in [0.2, 0.25) is 0 Å². The zero-order valence-corrected chi connectivity index (χ0v) is 19.7. The SMILES string of the molecule is CC(=NNS(=O)(=O)c1c(C(C)C)cc(C(C)C)cc1C(C)C)c1ccc(C)cc1. The van der Waals surface area contributed by atoms with Crippen LogP contribution in [0.15, 0.2) is 46.4 Å². The first kappa shape index (κ1) is 23.1. The summed E-state index contributed by atoms with van der Waals surface area (Å²) in [5, 5.41) is 4.21. The van der Waals surface area contributed by atoms with E-state index in [9.17, 15) is 8.42 Å². The summed E-state index contributed by atoms with van der Waals surface area (Å²) in [5.74, 6) is 0.497. The summed E-state index contributed by atoms with van der Waals surface area (Å²) in [4.78, 5) is 2.86. The van der Waals surface area contributed by atoms with E-state index in [1.165, 1.54) is 0 Å². The lowest BCUT2D eigenvalue weighted by Crippen LogP contribution is -2.24. The molecule has 0 aliphatic rings. The van der Waals surface area contributed by atoms with E-state index in [-0.39, 0.29) is 11.8 Å². The van der Waals surface area contributed by atoms with Gasteiger partial charge in [0, 0.05) is 0 Å². The highest BCUT2D eigenvalue weighted by atomic mass is 32.2. The monoisotopic (exact) mass is 414 g/mol. The van der Waals surface area contributed by atoms with Gasteiger partial charge in [-0.1, -0.05) is 83.5 Å². The zero-order chi connectivity index (χ0) is 21.9. The molecular formula is C24H34N2O2S. The van der Waals surface area contributed by atoms with Gasteiger partial charge in [-0.15, -0.1) is 0 Å². The number of nitrogens with one attached hydrogen (secondary N) is 1. The van der Waals surface area contributed by atoms with Crippen molar-refractivity contribution in [1.29, 1.82) is 0 Å². The topological polar surface area (TPSA) is 58.5 Å². The molecule has 0 unspecified atom stereocenters. The second-order valence-corrected chi connectivity index (χ2v) is 10.2. The van der Waals surface area contributed by atoms with E-state index < -0.39 is 10.0 Å². The average molecular weight is 415 g/mol. The second-order valence-electron chi connectivity index (χ2n) is 8.65. The van der Waals surface area contributed by atoms with Crippen molar-refractivity contribution in [3.8, 4) is 0 Å². The fourth-order valence-electron chi connectivity index (χ4n) is 3.23. The Labute approximate surface area is 176 Å². The molecule has 158 valence electrons. The van der Waals surface area contributed by atoms with Crippen LogP contribution in [0.1, 0.15) is 94.0 Å². The Morgan fingerprint density at radius 1 is 0.862 bits per heavy atom. The summed E-state index contributed by atoms with van der Waals surface area (Å²) in [5.41, 5.74) is 5.52. The maximum atomic E-state index is 13.3. The van der Waals surface area contributed by atoms with E-state index in [1.807, 2.05) is 77.9 Å². The van der Waals surface area contributed by atoms with E-state index in [0.29, 0.717) is 16.5 Å². The molecule has 0 aliphatic heterocycles. The molecule has 4 nitrogen and oxygen atoms in total. The quantitative estimate of drug-likeness (QED) is 0.442. The van der Waals surface area contributed by atoms with Crippen molar-refractivity contribution in [3.05, 3.63) is 64.2 Å². The van der Waals surface area contributed by atoms with Gasteiger partial charge in [-0.05, 0) is 53.9 Å². The third-order valence-electron chi connectivity index (χ3n) is 5.15. The number of benzene rings is 2. The van der Waals surface area contributed by atoms with Gasteiger partial charge in [0.25, 0.3) is 10.0 Å². The van der Waals surface area contributed by atoms with Crippen molar-refractivity contribution >= 4 is 15.7 Å². The molecule has 0 aliphatic carbocycles. The van der Waals surface area contributed by atoms with Gasteiger partial charge in [-0.25, -0.2) is 0 Å². The lowest BCUT2D eigenvalue weighted by atomic mass is 9.89. The summed E-state index contributed by atoms with van der Waals surface area (Å²) in [6.07, 6.45) is 0. The van der Waals surface area contributed by atoms with Gasteiger partial charge in [0.1, 0.15) is 0 Å². The Balaban J connectivity index is 2.55. The molecule has 0 atom stereocenters.